The molecule has 1 nitrogen and oxygen atoms in total. The molecule has 0 saturated heterocycles. The molecule has 0 fully saturated rings. The highest BCUT2D eigenvalue weighted by Crippen LogP contribution is 2.27. The molecule has 0 aliphatic heterocycles. The van der Waals surface area contributed by atoms with E-state index in [2.05, 4.69) is 145 Å². The number of nitrogens with zero attached hydrogens (tertiary/aromatic N) is 1. The van der Waals surface area contributed by atoms with Gasteiger partial charge in [-0.05, 0) is 41.8 Å². The van der Waals surface area contributed by atoms with Crippen molar-refractivity contribution in [2.24, 2.45) is 0 Å². The number of pyridine rings is 1. The molecule has 0 N–H and O–H groups in total. The fraction of sp³-hybridized carbons (Fsp3) is 0.0312. The topological polar surface area (TPSA) is 3.88 Å². The van der Waals surface area contributed by atoms with Crippen molar-refractivity contribution in [3.8, 4) is 28.1 Å². The molecule has 0 unspecified atom stereocenters. The summed E-state index contributed by atoms with van der Waals surface area (Å²) in [6, 6.07) is 45.0. The van der Waals surface area contributed by atoms with Crippen molar-refractivity contribution in [1.29, 1.82) is 0 Å². The summed E-state index contributed by atoms with van der Waals surface area (Å²) < 4.78 is 2.35. The van der Waals surface area contributed by atoms with Crippen molar-refractivity contribution in [3.63, 3.8) is 0 Å². The van der Waals surface area contributed by atoms with E-state index in [1.54, 1.807) is 0 Å². The van der Waals surface area contributed by atoms with Gasteiger partial charge in [0, 0.05) is 35.9 Å². The summed E-state index contributed by atoms with van der Waals surface area (Å²) in [5, 5.41) is 0. The van der Waals surface area contributed by atoms with Gasteiger partial charge in [-0.1, -0.05) is 96.6 Å². The Balaban J connectivity index is 1.78. The highest BCUT2D eigenvalue weighted by Gasteiger charge is 2.22. The van der Waals surface area contributed by atoms with Gasteiger partial charge in [-0.3, -0.25) is 0 Å². The number of hydrogen-bond acceptors (Lipinski definition) is 0. The van der Waals surface area contributed by atoms with Crippen LogP contribution in [0.2, 0.25) is 0 Å². The van der Waals surface area contributed by atoms with Gasteiger partial charge < -0.3 is 0 Å². The Morgan fingerprint density at radius 2 is 1.09 bits per heavy atom. The molecular formula is C32H26N+. The number of benzene rings is 4. The van der Waals surface area contributed by atoms with Crippen LogP contribution in [0.15, 0.2) is 127 Å². The van der Waals surface area contributed by atoms with Crippen LogP contribution in [0.4, 0.5) is 0 Å². The summed E-state index contributed by atoms with van der Waals surface area (Å²) in [5.74, 6) is 0. The Morgan fingerprint density at radius 1 is 0.515 bits per heavy atom. The van der Waals surface area contributed by atoms with Crippen molar-refractivity contribution < 1.29 is 4.57 Å². The molecule has 1 heteroatoms. The van der Waals surface area contributed by atoms with E-state index in [1.165, 1.54) is 27.8 Å². The maximum Gasteiger partial charge on any atom is 0.219 e. The van der Waals surface area contributed by atoms with Gasteiger partial charge in [-0.25, -0.2) is 0 Å². The van der Waals surface area contributed by atoms with Crippen LogP contribution in [-0.2, 0) is 0 Å². The van der Waals surface area contributed by atoms with Crippen molar-refractivity contribution in [2.45, 2.75) is 6.92 Å². The van der Waals surface area contributed by atoms with Crippen molar-refractivity contribution in [3.05, 3.63) is 144 Å². The van der Waals surface area contributed by atoms with E-state index in [9.17, 15) is 0 Å². The third-order valence-electron chi connectivity index (χ3n) is 5.81. The highest BCUT2D eigenvalue weighted by atomic mass is 15.0. The summed E-state index contributed by atoms with van der Waals surface area (Å²) in [6.45, 7) is 2.13. The standard InChI is InChI=1S/C32H26N/c1-25-17-20-30(21-18-25)33-31(22-19-26-11-5-2-6-12-26)23-29(27-13-7-3-8-14-27)24-32(33)28-15-9-4-10-16-28/h2-24H,1H3/q+1. The molecule has 0 aliphatic carbocycles. The Hall–Kier alpha value is -4.23. The van der Waals surface area contributed by atoms with Crippen LogP contribution in [-0.4, -0.2) is 0 Å². The van der Waals surface area contributed by atoms with Crippen molar-refractivity contribution >= 4 is 12.2 Å². The summed E-state index contributed by atoms with van der Waals surface area (Å²) in [7, 11) is 0. The molecule has 0 spiro atoms. The van der Waals surface area contributed by atoms with E-state index in [-0.39, 0.29) is 0 Å². The van der Waals surface area contributed by atoms with E-state index >= 15 is 0 Å². The average Bonchev–Trinajstić information content (AvgIpc) is 2.89. The zero-order valence-corrected chi connectivity index (χ0v) is 18.7. The molecule has 1 aromatic heterocycles. The van der Waals surface area contributed by atoms with Gasteiger partial charge in [0.15, 0.2) is 0 Å². The lowest BCUT2D eigenvalue weighted by Gasteiger charge is -2.11. The average molecular weight is 425 g/mol. The van der Waals surface area contributed by atoms with Crippen molar-refractivity contribution in [2.75, 3.05) is 0 Å². The highest BCUT2D eigenvalue weighted by molar-refractivity contribution is 5.74. The maximum absolute atomic E-state index is 2.35. The van der Waals surface area contributed by atoms with Gasteiger partial charge in [0.2, 0.25) is 17.1 Å². The lowest BCUT2D eigenvalue weighted by Crippen LogP contribution is -2.37. The third kappa shape index (κ3) is 4.68. The van der Waals surface area contributed by atoms with E-state index < -0.39 is 0 Å². The van der Waals surface area contributed by atoms with Gasteiger partial charge in [0.1, 0.15) is 0 Å². The number of aryl methyl sites for hydroxylation is 1. The molecule has 0 amide bonds. The van der Waals surface area contributed by atoms with Crippen LogP contribution >= 0.6 is 0 Å². The Bertz CT molecular complexity index is 1370. The lowest BCUT2D eigenvalue weighted by molar-refractivity contribution is -0.585. The Morgan fingerprint density at radius 3 is 1.73 bits per heavy atom. The largest absolute Gasteiger partial charge is 0.219 e. The first-order valence-electron chi connectivity index (χ1n) is 11.3. The maximum atomic E-state index is 2.35. The van der Waals surface area contributed by atoms with Crippen LogP contribution in [0.1, 0.15) is 16.8 Å². The first kappa shape index (κ1) is 20.7. The molecule has 0 atom stereocenters. The molecule has 5 aromatic rings. The zero-order chi connectivity index (χ0) is 22.5. The Kier molecular flexibility index (Phi) is 5.95. The summed E-state index contributed by atoms with van der Waals surface area (Å²) >= 11 is 0. The van der Waals surface area contributed by atoms with E-state index in [0.29, 0.717) is 0 Å². The molecule has 0 aliphatic rings. The normalized spacial score (nSPS) is 11.1. The molecule has 0 bridgehead atoms. The molecule has 4 aromatic carbocycles. The summed E-state index contributed by atoms with van der Waals surface area (Å²) in [4.78, 5) is 0. The van der Waals surface area contributed by atoms with Gasteiger partial charge in [-0.2, -0.15) is 4.57 Å². The SMILES string of the molecule is Cc1ccc(-[n+]2c(C=Cc3ccccc3)cc(-c3ccccc3)cc2-c2ccccc2)cc1. The second-order valence-electron chi connectivity index (χ2n) is 8.20. The van der Waals surface area contributed by atoms with Crippen LogP contribution in [0.3, 0.4) is 0 Å². The molecule has 0 saturated carbocycles. The van der Waals surface area contributed by atoms with Crippen molar-refractivity contribution in [1.82, 2.24) is 0 Å². The van der Waals surface area contributed by atoms with E-state index in [4.69, 9.17) is 0 Å². The predicted octanol–water partition coefficient (Wildman–Crippen LogP) is 7.78. The van der Waals surface area contributed by atoms with Crippen LogP contribution in [0.5, 0.6) is 0 Å². The van der Waals surface area contributed by atoms with Crippen LogP contribution < -0.4 is 4.57 Å². The smallest absolute Gasteiger partial charge is 0.153 e. The first-order chi connectivity index (χ1) is 16.3. The quantitative estimate of drug-likeness (QED) is 0.254. The van der Waals surface area contributed by atoms with Crippen LogP contribution in [0.25, 0.3) is 40.2 Å². The molecule has 0 radical (unpaired) electrons. The fourth-order valence-electron chi connectivity index (χ4n) is 4.09. The van der Waals surface area contributed by atoms with Gasteiger partial charge in [0.05, 0.1) is 0 Å². The van der Waals surface area contributed by atoms with Gasteiger partial charge >= 0.3 is 0 Å². The van der Waals surface area contributed by atoms with Gasteiger partial charge in [0.25, 0.3) is 0 Å². The summed E-state index contributed by atoms with van der Waals surface area (Å²) in [5.41, 5.74) is 9.46. The second-order valence-corrected chi connectivity index (χ2v) is 8.20. The van der Waals surface area contributed by atoms with E-state index in [0.717, 1.165) is 17.1 Å². The minimum atomic E-state index is 1.13. The molecule has 158 valence electrons. The summed E-state index contributed by atoms with van der Waals surface area (Å²) in [6.07, 6.45) is 4.40. The molecular weight excluding hydrogens is 398 g/mol. The molecule has 5 rings (SSSR count). The van der Waals surface area contributed by atoms with Crippen LogP contribution in [0, 0.1) is 6.92 Å². The zero-order valence-electron chi connectivity index (χ0n) is 18.7. The van der Waals surface area contributed by atoms with E-state index in [1.807, 2.05) is 6.07 Å². The molecule has 1 heterocycles. The predicted molar refractivity (Wildman–Crippen MR) is 139 cm³/mol. The first-order valence-corrected chi connectivity index (χ1v) is 11.3. The number of hydrogen-bond donors (Lipinski definition) is 0. The fourth-order valence-corrected chi connectivity index (χ4v) is 4.09. The molecule has 33 heavy (non-hydrogen) atoms. The second kappa shape index (κ2) is 9.50. The third-order valence-corrected chi connectivity index (χ3v) is 5.81. The Labute approximate surface area is 195 Å². The minimum Gasteiger partial charge on any atom is -0.153 e. The monoisotopic (exact) mass is 424 g/mol. The van der Waals surface area contributed by atoms with Gasteiger partial charge in [-0.15, -0.1) is 0 Å². The lowest BCUT2D eigenvalue weighted by atomic mass is 10.0. The minimum absolute atomic E-state index is 1.13. The number of aromatic nitrogens is 1. The number of rotatable bonds is 5.